The first-order valence-electron chi connectivity index (χ1n) is 7.97. The van der Waals surface area contributed by atoms with E-state index in [9.17, 15) is 5.11 Å². The molecular formula is C18H20I2N2O2. The first kappa shape index (κ1) is 18.4. The van der Waals surface area contributed by atoms with Gasteiger partial charge in [0.25, 0.3) is 0 Å². The Bertz CT molecular complexity index is 789. The fraction of sp³-hybridized carbons (Fsp3) is 0.333. The minimum atomic E-state index is -0.471. The lowest BCUT2D eigenvalue weighted by molar-refractivity contribution is 0.153. The molecule has 0 fully saturated rings. The number of nitrogens with zero attached hydrogens (tertiary/aromatic N) is 1. The van der Waals surface area contributed by atoms with Crippen molar-refractivity contribution in [2.75, 3.05) is 19.7 Å². The molecule has 0 spiro atoms. The number of aromatic nitrogens is 1. The zero-order chi connectivity index (χ0) is 17.1. The molecule has 24 heavy (non-hydrogen) atoms. The number of hydrogen-bond donors (Lipinski definition) is 3. The molecule has 6 heteroatoms. The molecule has 3 rings (SSSR count). The summed E-state index contributed by atoms with van der Waals surface area (Å²) >= 11 is 4.68. The molecule has 1 aromatic heterocycles. The molecule has 1 heterocycles. The molecule has 3 aromatic rings. The number of rotatable bonds is 7. The highest BCUT2D eigenvalue weighted by Gasteiger charge is 2.14. The van der Waals surface area contributed by atoms with E-state index in [1.165, 1.54) is 17.9 Å². The Morgan fingerprint density at radius 3 is 2.12 bits per heavy atom. The van der Waals surface area contributed by atoms with Crippen LogP contribution in [0.4, 0.5) is 0 Å². The molecule has 0 saturated heterocycles. The summed E-state index contributed by atoms with van der Waals surface area (Å²) in [4.78, 5) is 0. The summed E-state index contributed by atoms with van der Waals surface area (Å²) in [6.07, 6.45) is 0.236. The van der Waals surface area contributed by atoms with Crippen LogP contribution in [0.2, 0.25) is 0 Å². The van der Waals surface area contributed by atoms with E-state index in [0.29, 0.717) is 19.5 Å². The second-order valence-electron chi connectivity index (χ2n) is 5.87. The Balaban J connectivity index is 1.93. The lowest BCUT2D eigenvalue weighted by Gasteiger charge is -2.15. The van der Waals surface area contributed by atoms with Crippen molar-refractivity contribution in [1.29, 1.82) is 0 Å². The van der Waals surface area contributed by atoms with Crippen LogP contribution in [0.25, 0.3) is 21.8 Å². The topological polar surface area (TPSA) is 57.4 Å². The number of fused-ring (bicyclic) bond motifs is 3. The summed E-state index contributed by atoms with van der Waals surface area (Å²) in [5, 5.41) is 24.9. The Morgan fingerprint density at radius 1 is 1.00 bits per heavy atom. The van der Waals surface area contributed by atoms with Gasteiger partial charge in [0.1, 0.15) is 0 Å². The molecule has 0 aliphatic heterocycles. The van der Waals surface area contributed by atoms with Crippen LogP contribution in [0, 0.1) is 7.14 Å². The third kappa shape index (κ3) is 4.04. The molecule has 4 nitrogen and oxygen atoms in total. The minimum Gasteiger partial charge on any atom is -0.396 e. The quantitative estimate of drug-likeness (QED) is 0.313. The Kier molecular flexibility index (Phi) is 6.36. The zero-order valence-electron chi connectivity index (χ0n) is 13.2. The summed E-state index contributed by atoms with van der Waals surface area (Å²) in [6.45, 7) is 1.97. The van der Waals surface area contributed by atoms with Gasteiger partial charge in [-0.1, -0.05) is 0 Å². The van der Waals surface area contributed by atoms with E-state index in [4.69, 9.17) is 5.11 Å². The van der Waals surface area contributed by atoms with Crippen LogP contribution in [-0.4, -0.2) is 40.6 Å². The van der Waals surface area contributed by atoms with E-state index in [2.05, 4.69) is 91.5 Å². The highest BCUT2D eigenvalue weighted by Crippen LogP contribution is 2.31. The van der Waals surface area contributed by atoms with Crippen LogP contribution in [0.3, 0.4) is 0 Å². The van der Waals surface area contributed by atoms with Crippen molar-refractivity contribution in [2.24, 2.45) is 0 Å². The molecular weight excluding hydrogens is 530 g/mol. The van der Waals surface area contributed by atoms with Crippen molar-refractivity contribution in [3.05, 3.63) is 43.5 Å². The Morgan fingerprint density at radius 2 is 1.58 bits per heavy atom. The van der Waals surface area contributed by atoms with Crippen molar-refractivity contribution in [2.45, 2.75) is 19.1 Å². The van der Waals surface area contributed by atoms with Crippen LogP contribution in [0.5, 0.6) is 0 Å². The third-order valence-corrected chi connectivity index (χ3v) is 5.42. The van der Waals surface area contributed by atoms with Crippen LogP contribution < -0.4 is 5.32 Å². The van der Waals surface area contributed by atoms with Gasteiger partial charge in [0, 0.05) is 42.1 Å². The van der Waals surface area contributed by atoms with Gasteiger partial charge in [-0.25, -0.2) is 0 Å². The maximum Gasteiger partial charge on any atom is 0.0843 e. The van der Waals surface area contributed by atoms with E-state index < -0.39 is 6.10 Å². The van der Waals surface area contributed by atoms with Crippen LogP contribution in [0.15, 0.2) is 36.4 Å². The molecule has 0 saturated carbocycles. The predicted molar refractivity (Wildman–Crippen MR) is 115 cm³/mol. The SMILES string of the molecule is OCCCNC[C@H](O)Cn1c2ccc(I)cc2c2cc(I)ccc21. The molecule has 2 aromatic carbocycles. The first-order chi connectivity index (χ1) is 11.6. The fourth-order valence-electron chi connectivity index (χ4n) is 2.99. The lowest BCUT2D eigenvalue weighted by Crippen LogP contribution is -2.31. The second kappa shape index (κ2) is 8.31. The van der Waals surface area contributed by atoms with Gasteiger partial charge < -0.3 is 20.1 Å². The highest BCUT2D eigenvalue weighted by atomic mass is 127. The fourth-order valence-corrected chi connectivity index (χ4v) is 3.98. The van der Waals surface area contributed by atoms with Gasteiger partial charge in [-0.05, 0) is 94.5 Å². The zero-order valence-corrected chi connectivity index (χ0v) is 17.5. The van der Waals surface area contributed by atoms with Gasteiger partial charge in [-0.3, -0.25) is 0 Å². The van der Waals surface area contributed by atoms with Gasteiger partial charge in [0.15, 0.2) is 0 Å². The molecule has 128 valence electrons. The van der Waals surface area contributed by atoms with Gasteiger partial charge in [0.2, 0.25) is 0 Å². The molecule has 0 bridgehead atoms. The van der Waals surface area contributed by atoms with Crippen molar-refractivity contribution in [3.63, 3.8) is 0 Å². The number of nitrogens with one attached hydrogen (secondary N) is 1. The third-order valence-electron chi connectivity index (χ3n) is 4.07. The summed E-state index contributed by atoms with van der Waals surface area (Å²) in [5.41, 5.74) is 2.31. The number of aliphatic hydroxyl groups excluding tert-OH is 2. The van der Waals surface area contributed by atoms with Crippen LogP contribution in [0.1, 0.15) is 6.42 Å². The van der Waals surface area contributed by atoms with E-state index in [-0.39, 0.29) is 6.61 Å². The molecule has 0 aliphatic carbocycles. The maximum atomic E-state index is 10.4. The van der Waals surface area contributed by atoms with Crippen LogP contribution >= 0.6 is 45.2 Å². The monoisotopic (exact) mass is 550 g/mol. The molecule has 0 aliphatic rings. The number of benzene rings is 2. The minimum absolute atomic E-state index is 0.174. The van der Waals surface area contributed by atoms with Crippen molar-refractivity contribution < 1.29 is 10.2 Å². The van der Waals surface area contributed by atoms with Gasteiger partial charge in [-0.15, -0.1) is 0 Å². The predicted octanol–water partition coefficient (Wildman–Crippen LogP) is 3.34. The maximum absolute atomic E-state index is 10.4. The van der Waals surface area contributed by atoms with E-state index in [0.717, 1.165) is 17.6 Å². The summed E-state index contributed by atoms with van der Waals surface area (Å²) < 4.78 is 4.63. The molecule has 1 atom stereocenters. The summed E-state index contributed by atoms with van der Waals surface area (Å²) in [7, 11) is 0. The lowest BCUT2D eigenvalue weighted by atomic mass is 10.2. The number of hydrogen-bond acceptors (Lipinski definition) is 3. The van der Waals surface area contributed by atoms with Gasteiger partial charge in [0.05, 0.1) is 12.6 Å². The van der Waals surface area contributed by atoms with E-state index >= 15 is 0 Å². The van der Waals surface area contributed by atoms with Crippen molar-refractivity contribution in [1.82, 2.24) is 9.88 Å². The normalized spacial score (nSPS) is 13.0. The van der Waals surface area contributed by atoms with Crippen molar-refractivity contribution >= 4 is 67.0 Å². The molecule has 0 amide bonds. The largest absolute Gasteiger partial charge is 0.396 e. The van der Waals surface area contributed by atoms with E-state index in [1.54, 1.807) is 0 Å². The molecule has 0 radical (unpaired) electrons. The second-order valence-corrected chi connectivity index (χ2v) is 8.36. The number of halogens is 2. The van der Waals surface area contributed by atoms with Crippen molar-refractivity contribution in [3.8, 4) is 0 Å². The molecule has 3 N–H and O–H groups in total. The van der Waals surface area contributed by atoms with E-state index in [1.807, 2.05) is 0 Å². The number of aliphatic hydroxyl groups is 2. The van der Waals surface area contributed by atoms with Gasteiger partial charge in [-0.2, -0.15) is 0 Å². The Hall–Kier alpha value is -0.420. The summed E-state index contributed by atoms with van der Waals surface area (Å²) in [5.74, 6) is 0. The van der Waals surface area contributed by atoms with Crippen LogP contribution in [-0.2, 0) is 6.54 Å². The Labute approximate surface area is 168 Å². The smallest absolute Gasteiger partial charge is 0.0843 e. The standard InChI is InChI=1S/C18H20I2N2O2/c19-12-2-4-17-15(8-12)16-9-13(20)3-5-18(16)22(17)11-14(24)10-21-6-1-7-23/h2-5,8-9,14,21,23-24H,1,6-7,10-11H2/t14-/m0/s1. The highest BCUT2D eigenvalue weighted by molar-refractivity contribution is 14.1. The average molecular weight is 550 g/mol. The first-order valence-corrected chi connectivity index (χ1v) is 10.1. The molecule has 0 unspecified atom stereocenters. The van der Waals surface area contributed by atoms with Gasteiger partial charge >= 0.3 is 0 Å². The summed E-state index contributed by atoms with van der Waals surface area (Å²) in [6, 6.07) is 12.9. The average Bonchev–Trinajstić information content (AvgIpc) is 2.84.